The Morgan fingerprint density at radius 1 is 0.966 bits per heavy atom. The van der Waals surface area contributed by atoms with E-state index >= 15 is 0 Å². The molecule has 0 saturated carbocycles. The van der Waals surface area contributed by atoms with Crippen molar-refractivity contribution in [2.75, 3.05) is 0 Å². The fourth-order valence-corrected chi connectivity index (χ4v) is 4.03. The quantitative estimate of drug-likeness (QED) is 0.407. The average Bonchev–Trinajstić information content (AvgIpc) is 3.40. The number of hydrogen-bond donors (Lipinski definition) is 0. The lowest BCUT2D eigenvalue weighted by atomic mass is 10.1. The second-order valence-corrected chi connectivity index (χ2v) is 8.06. The van der Waals surface area contributed by atoms with E-state index in [0.717, 1.165) is 28.5 Å². The molecule has 0 saturated heterocycles. The van der Waals surface area contributed by atoms with E-state index in [2.05, 4.69) is 76.0 Å². The summed E-state index contributed by atoms with van der Waals surface area (Å²) in [6.07, 6.45) is 2.85. The van der Waals surface area contributed by atoms with E-state index in [1.54, 1.807) is 16.6 Å². The first-order valence-electron chi connectivity index (χ1n) is 9.79. The SMILES string of the molecule is CCc1ccc(-n2ncc(-c3nnn(C(C)C)n3)c2SCc2ccccc2)cc1. The third-order valence-corrected chi connectivity index (χ3v) is 5.81. The van der Waals surface area contributed by atoms with Gasteiger partial charge < -0.3 is 0 Å². The predicted octanol–water partition coefficient (Wildman–Crippen LogP) is 4.96. The summed E-state index contributed by atoms with van der Waals surface area (Å²) in [5.74, 6) is 1.44. The molecule has 4 aromatic rings. The lowest BCUT2D eigenvalue weighted by molar-refractivity contribution is 0.455. The van der Waals surface area contributed by atoms with Crippen molar-refractivity contribution in [3.05, 3.63) is 71.9 Å². The Hall–Kier alpha value is -2.93. The van der Waals surface area contributed by atoms with Gasteiger partial charge in [-0.2, -0.15) is 9.90 Å². The first-order valence-corrected chi connectivity index (χ1v) is 10.8. The third kappa shape index (κ3) is 4.24. The van der Waals surface area contributed by atoms with Crippen molar-refractivity contribution in [2.45, 2.75) is 44.0 Å². The van der Waals surface area contributed by atoms with Crippen LogP contribution in [0.25, 0.3) is 17.1 Å². The van der Waals surface area contributed by atoms with Crippen molar-refractivity contribution in [2.24, 2.45) is 0 Å². The van der Waals surface area contributed by atoms with Crippen LogP contribution in [0.2, 0.25) is 0 Å². The van der Waals surface area contributed by atoms with Gasteiger partial charge in [0.1, 0.15) is 5.03 Å². The molecule has 4 rings (SSSR count). The molecular weight excluding hydrogens is 380 g/mol. The van der Waals surface area contributed by atoms with Crippen LogP contribution in [0.4, 0.5) is 0 Å². The summed E-state index contributed by atoms with van der Waals surface area (Å²) in [7, 11) is 0. The minimum absolute atomic E-state index is 0.160. The highest BCUT2D eigenvalue weighted by Crippen LogP contribution is 2.33. The Morgan fingerprint density at radius 3 is 2.38 bits per heavy atom. The van der Waals surface area contributed by atoms with Crippen LogP contribution in [-0.4, -0.2) is 30.0 Å². The smallest absolute Gasteiger partial charge is 0.209 e. The summed E-state index contributed by atoms with van der Waals surface area (Å²) >= 11 is 1.73. The molecule has 0 fully saturated rings. The van der Waals surface area contributed by atoms with Crippen LogP contribution >= 0.6 is 11.8 Å². The summed E-state index contributed by atoms with van der Waals surface area (Å²) in [5, 5.41) is 18.7. The molecule has 7 heteroatoms. The number of thioether (sulfide) groups is 1. The molecule has 0 radical (unpaired) electrons. The first kappa shape index (κ1) is 19.4. The molecule has 0 bridgehead atoms. The molecule has 0 aliphatic carbocycles. The topological polar surface area (TPSA) is 61.4 Å². The van der Waals surface area contributed by atoms with E-state index in [4.69, 9.17) is 0 Å². The molecule has 0 unspecified atom stereocenters. The normalized spacial score (nSPS) is 11.3. The maximum atomic E-state index is 4.66. The Kier molecular flexibility index (Phi) is 5.76. The van der Waals surface area contributed by atoms with Crippen molar-refractivity contribution in [3.63, 3.8) is 0 Å². The Morgan fingerprint density at radius 2 is 1.72 bits per heavy atom. The standard InChI is InChI=1S/C22H24N6S/c1-4-17-10-12-19(13-11-17)27-22(29-15-18-8-6-5-7-9-18)20(14-23-27)21-24-26-28(25-21)16(2)3/h5-14,16H,4,15H2,1-3H3. The van der Waals surface area contributed by atoms with Gasteiger partial charge in [-0.1, -0.05) is 49.4 Å². The fraction of sp³-hybridized carbons (Fsp3) is 0.273. The first-order chi connectivity index (χ1) is 14.2. The zero-order chi connectivity index (χ0) is 20.2. The molecule has 0 aliphatic heterocycles. The number of hydrogen-bond acceptors (Lipinski definition) is 5. The van der Waals surface area contributed by atoms with E-state index in [0.29, 0.717) is 5.82 Å². The Labute approximate surface area is 175 Å². The predicted molar refractivity (Wildman–Crippen MR) is 116 cm³/mol. The van der Waals surface area contributed by atoms with Crippen molar-refractivity contribution in [3.8, 4) is 17.1 Å². The van der Waals surface area contributed by atoms with Gasteiger partial charge in [0, 0.05) is 5.75 Å². The number of tetrazole rings is 1. The number of aromatic nitrogens is 6. The third-order valence-electron chi connectivity index (χ3n) is 4.66. The van der Waals surface area contributed by atoms with Crippen LogP contribution in [0.1, 0.15) is 37.9 Å². The van der Waals surface area contributed by atoms with Gasteiger partial charge in [-0.05, 0) is 48.7 Å². The van der Waals surface area contributed by atoms with Crippen LogP contribution in [0.3, 0.4) is 0 Å². The number of rotatable bonds is 7. The molecule has 0 aliphatic rings. The lowest BCUT2D eigenvalue weighted by Crippen LogP contribution is -2.04. The van der Waals surface area contributed by atoms with Crippen LogP contribution in [-0.2, 0) is 12.2 Å². The fourth-order valence-electron chi connectivity index (χ4n) is 2.96. The summed E-state index contributed by atoms with van der Waals surface area (Å²) in [4.78, 5) is 1.63. The van der Waals surface area contributed by atoms with E-state index < -0.39 is 0 Å². The van der Waals surface area contributed by atoms with Crippen molar-refractivity contribution in [1.29, 1.82) is 0 Å². The number of benzene rings is 2. The maximum absolute atomic E-state index is 4.66. The van der Waals surface area contributed by atoms with E-state index in [9.17, 15) is 0 Å². The highest BCUT2D eigenvalue weighted by molar-refractivity contribution is 7.98. The van der Waals surface area contributed by atoms with Gasteiger partial charge in [0.05, 0.1) is 23.5 Å². The second-order valence-electron chi connectivity index (χ2n) is 7.10. The molecule has 2 aromatic heterocycles. The number of nitrogens with zero attached hydrogens (tertiary/aromatic N) is 6. The maximum Gasteiger partial charge on any atom is 0.209 e. The zero-order valence-corrected chi connectivity index (χ0v) is 17.7. The monoisotopic (exact) mass is 404 g/mol. The Balaban J connectivity index is 1.72. The van der Waals surface area contributed by atoms with Crippen molar-refractivity contribution < 1.29 is 0 Å². The van der Waals surface area contributed by atoms with Crippen molar-refractivity contribution in [1.82, 2.24) is 30.0 Å². The molecule has 29 heavy (non-hydrogen) atoms. The molecule has 6 nitrogen and oxygen atoms in total. The number of aryl methyl sites for hydroxylation is 1. The molecule has 0 atom stereocenters. The van der Waals surface area contributed by atoms with E-state index in [1.165, 1.54) is 11.1 Å². The van der Waals surface area contributed by atoms with Crippen LogP contribution in [0.15, 0.2) is 65.8 Å². The molecule has 2 heterocycles. The largest absolute Gasteiger partial charge is 0.226 e. The lowest BCUT2D eigenvalue weighted by Gasteiger charge is -2.09. The summed E-state index contributed by atoms with van der Waals surface area (Å²) < 4.78 is 1.97. The molecule has 2 aromatic carbocycles. The minimum Gasteiger partial charge on any atom is -0.226 e. The zero-order valence-electron chi connectivity index (χ0n) is 16.9. The van der Waals surface area contributed by atoms with Gasteiger partial charge in [-0.3, -0.25) is 0 Å². The molecule has 0 amide bonds. The van der Waals surface area contributed by atoms with Crippen LogP contribution < -0.4 is 0 Å². The molecular formula is C22H24N6S. The van der Waals surface area contributed by atoms with Gasteiger partial charge in [0.2, 0.25) is 5.82 Å². The van der Waals surface area contributed by atoms with Gasteiger partial charge in [0.15, 0.2) is 0 Å². The minimum atomic E-state index is 0.160. The van der Waals surface area contributed by atoms with Gasteiger partial charge in [0.25, 0.3) is 0 Å². The van der Waals surface area contributed by atoms with Gasteiger partial charge in [-0.15, -0.1) is 22.0 Å². The average molecular weight is 405 g/mol. The van der Waals surface area contributed by atoms with E-state index in [1.807, 2.05) is 30.8 Å². The highest BCUT2D eigenvalue weighted by Gasteiger charge is 2.19. The van der Waals surface area contributed by atoms with Gasteiger partial charge in [-0.25, -0.2) is 4.68 Å². The molecule has 0 N–H and O–H groups in total. The Bertz CT molecular complexity index is 1070. The second kappa shape index (κ2) is 8.61. The summed E-state index contributed by atoms with van der Waals surface area (Å²) in [6, 6.07) is 19.1. The molecule has 148 valence electrons. The van der Waals surface area contributed by atoms with E-state index in [-0.39, 0.29) is 6.04 Å². The molecule has 0 spiro atoms. The summed E-state index contributed by atoms with van der Waals surface area (Å²) in [6.45, 7) is 6.23. The van der Waals surface area contributed by atoms with Crippen LogP contribution in [0.5, 0.6) is 0 Å². The van der Waals surface area contributed by atoms with Crippen molar-refractivity contribution >= 4 is 11.8 Å². The summed E-state index contributed by atoms with van der Waals surface area (Å²) in [5.41, 5.74) is 4.50. The van der Waals surface area contributed by atoms with Crippen LogP contribution in [0, 0.1) is 0 Å². The van der Waals surface area contributed by atoms with Gasteiger partial charge >= 0.3 is 0 Å². The highest BCUT2D eigenvalue weighted by atomic mass is 32.2.